The Morgan fingerprint density at radius 3 is 2.42 bits per heavy atom. The van der Waals surface area contributed by atoms with Crippen LogP contribution in [-0.4, -0.2) is 24.9 Å². The van der Waals surface area contributed by atoms with E-state index in [1.54, 1.807) is 24.5 Å². The summed E-state index contributed by atoms with van der Waals surface area (Å²) >= 11 is 0. The zero-order valence-corrected chi connectivity index (χ0v) is 19.7. The average molecular weight is 448 g/mol. The van der Waals surface area contributed by atoms with Crippen molar-refractivity contribution in [2.45, 2.75) is 46.6 Å². The molecule has 0 unspecified atom stereocenters. The number of benzene rings is 2. The van der Waals surface area contributed by atoms with Crippen LogP contribution in [0.25, 0.3) is 0 Å². The first-order valence-corrected chi connectivity index (χ1v) is 11.6. The first-order chi connectivity index (χ1) is 16.0. The van der Waals surface area contributed by atoms with E-state index in [1.807, 2.05) is 50.2 Å². The summed E-state index contributed by atoms with van der Waals surface area (Å²) in [5, 5.41) is 5.90. The molecule has 0 atom stereocenters. The van der Waals surface area contributed by atoms with Gasteiger partial charge < -0.3 is 20.0 Å². The van der Waals surface area contributed by atoms with Crippen molar-refractivity contribution in [2.75, 3.05) is 23.3 Å². The molecule has 3 rings (SSSR count). The van der Waals surface area contributed by atoms with Crippen molar-refractivity contribution < 1.29 is 14.0 Å². The average Bonchev–Trinajstić information content (AvgIpc) is 3.34. The fraction of sp³-hybridized carbons (Fsp3) is 0.333. The van der Waals surface area contributed by atoms with E-state index in [9.17, 15) is 9.59 Å². The first kappa shape index (κ1) is 24.1. The summed E-state index contributed by atoms with van der Waals surface area (Å²) in [6.07, 6.45) is 4.53. The fourth-order valence-electron chi connectivity index (χ4n) is 3.54. The lowest BCUT2D eigenvalue weighted by Crippen LogP contribution is -2.30. The van der Waals surface area contributed by atoms with Gasteiger partial charge in [-0.1, -0.05) is 38.0 Å². The molecule has 0 radical (unpaired) electrons. The molecule has 0 saturated carbocycles. The normalized spacial score (nSPS) is 10.6. The van der Waals surface area contributed by atoms with Crippen LogP contribution in [0.2, 0.25) is 0 Å². The summed E-state index contributed by atoms with van der Waals surface area (Å²) in [7, 11) is 0. The molecule has 6 heteroatoms. The van der Waals surface area contributed by atoms with Gasteiger partial charge in [0.1, 0.15) is 5.76 Å². The van der Waals surface area contributed by atoms with Crippen LogP contribution in [0.4, 0.5) is 11.4 Å². The summed E-state index contributed by atoms with van der Waals surface area (Å²) in [5.74, 6) is 0.475. The number of rotatable bonds is 11. The quantitative estimate of drug-likeness (QED) is 0.390. The molecular formula is C27H33N3O3. The number of aryl methyl sites for hydroxylation is 1. The maximum absolute atomic E-state index is 13.1. The van der Waals surface area contributed by atoms with Crippen LogP contribution >= 0.6 is 0 Å². The van der Waals surface area contributed by atoms with E-state index in [0.717, 1.165) is 42.8 Å². The van der Waals surface area contributed by atoms with E-state index >= 15 is 0 Å². The van der Waals surface area contributed by atoms with Crippen molar-refractivity contribution in [3.63, 3.8) is 0 Å². The summed E-state index contributed by atoms with van der Waals surface area (Å²) in [5.41, 5.74) is 3.60. The second-order valence-corrected chi connectivity index (χ2v) is 8.16. The molecule has 0 aliphatic carbocycles. The Bertz CT molecular complexity index is 1040. The zero-order chi connectivity index (χ0) is 23.6. The molecule has 33 heavy (non-hydrogen) atoms. The highest BCUT2D eigenvalue weighted by Crippen LogP contribution is 2.27. The minimum absolute atomic E-state index is 0.153. The number of unbranched alkanes of at least 4 members (excludes halogenated alkanes) is 1. The van der Waals surface area contributed by atoms with E-state index in [-0.39, 0.29) is 11.8 Å². The molecule has 2 aromatic carbocycles. The molecule has 0 fully saturated rings. The molecule has 0 saturated heterocycles. The van der Waals surface area contributed by atoms with Gasteiger partial charge in [-0.25, -0.2) is 0 Å². The lowest BCUT2D eigenvalue weighted by molar-refractivity contribution is 0.0952. The molecule has 0 aliphatic rings. The van der Waals surface area contributed by atoms with E-state index in [1.165, 1.54) is 0 Å². The highest BCUT2D eigenvalue weighted by molar-refractivity contribution is 6.06. The largest absolute Gasteiger partial charge is 0.467 e. The Morgan fingerprint density at radius 1 is 0.970 bits per heavy atom. The lowest BCUT2D eigenvalue weighted by atomic mass is 10.1. The molecule has 2 N–H and O–H groups in total. The van der Waals surface area contributed by atoms with Crippen LogP contribution in [-0.2, 0) is 6.54 Å². The van der Waals surface area contributed by atoms with E-state index in [0.29, 0.717) is 29.9 Å². The van der Waals surface area contributed by atoms with Gasteiger partial charge in [0.2, 0.25) is 0 Å². The highest BCUT2D eigenvalue weighted by Gasteiger charge is 2.19. The van der Waals surface area contributed by atoms with E-state index < -0.39 is 0 Å². The topological polar surface area (TPSA) is 74.6 Å². The van der Waals surface area contributed by atoms with Crippen molar-refractivity contribution >= 4 is 23.2 Å². The number of anilines is 2. The van der Waals surface area contributed by atoms with Crippen molar-refractivity contribution in [3.05, 3.63) is 83.3 Å². The fourth-order valence-corrected chi connectivity index (χ4v) is 3.54. The number of amides is 2. The molecule has 1 aromatic heterocycles. The van der Waals surface area contributed by atoms with Gasteiger partial charge in [0, 0.05) is 24.3 Å². The maximum atomic E-state index is 13.1. The van der Waals surface area contributed by atoms with Crippen LogP contribution in [0, 0.1) is 6.92 Å². The lowest BCUT2D eigenvalue weighted by Gasteiger charge is -2.26. The summed E-state index contributed by atoms with van der Waals surface area (Å²) in [6.45, 7) is 8.09. The van der Waals surface area contributed by atoms with E-state index in [4.69, 9.17) is 4.42 Å². The van der Waals surface area contributed by atoms with Crippen molar-refractivity contribution in [1.82, 2.24) is 5.32 Å². The number of hydrogen-bond donors (Lipinski definition) is 2. The Labute approximate surface area is 196 Å². The van der Waals surface area contributed by atoms with Crippen molar-refractivity contribution in [3.8, 4) is 0 Å². The molecule has 6 nitrogen and oxygen atoms in total. The molecule has 1 heterocycles. The van der Waals surface area contributed by atoms with Gasteiger partial charge in [-0.2, -0.15) is 0 Å². The van der Waals surface area contributed by atoms with Crippen molar-refractivity contribution in [1.29, 1.82) is 0 Å². The van der Waals surface area contributed by atoms with Gasteiger partial charge in [-0.3, -0.25) is 9.59 Å². The third kappa shape index (κ3) is 6.72. The highest BCUT2D eigenvalue weighted by atomic mass is 16.3. The second kappa shape index (κ2) is 11.9. The molecular weight excluding hydrogens is 414 g/mol. The predicted molar refractivity (Wildman–Crippen MR) is 133 cm³/mol. The number of nitrogens with one attached hydrogen (secondary N) is 2. The van der Waals surface area contributed by atoms with Gasteiger partial charge in [-0.05, 0) is 62.2 Å². The Balaban J connectivity index is 1.91. The number of hydrogen-bond acceptors (Lipinski definition) is 4. The number of carbonyl (C=O) groups is 2. The first-order valence-electron chi connectivity index (χ1n) is 11.6. The molecule has 2 amide bonds. The molecule has 0 spiro atoms. The van der Waals surface area contributed by atoms with Gasteiger partial charge in [0.05, 0.1) is 24.1 Å². The smallest absolute Gasteiger partial charge is 0.255 e. The number of furan rings is 1. The number of nitrogens with zero attached hydrogens (tertiary/aromatic N) is 1. The Kier molecular flexibility index (Phi) is 8.70. The Morgan fingerprint density at radius 2 is 1.76 bits per heavy atom. The molecule has 0 bridgehead atoms. The zero-order valence-electron chi connectivity index (χ0n) is 19.7. The third-order valence-electron chi connectivity index (χ3n) is 5.40. The van der Waals surface area contributed by atoms with Crippen LogP contribution in [0.5, 0.6) is 0 Å². The monoisotopic (exact) mass is 447 g/mol. The summed E-state index contributed by atoms with van der Waals surface area (Å²) in [6, 6.07) is 16.7. The van der Waals surface area contributed by atoms with Crippen LogP contribution in [0.1, 0.15) is 65.1 Å². The second-order valence-electron chi connectivity index (χ2n) is 8.16. The minimum atomic E-state index is -0.207. The van der Waals surface area contributed by atoms with Crippen LogP contribution in [0.15, 0.2) is 65.3 Å². The SMILES string of the molecule is CCCCN(Cc1ccco1)c1ccc(NC(=O)c2ccc(C)cc2)cc1C(=O)NCCC. The van der Waals surface area contributed by atoms with Crippen LogP contribution in [0.3, 0.4) is 0 Å². The summed E-state index contributed by atoms with van der Waals surface area (Å²) < 4.78 is 5.57. The van der Waals surface area contributed by atoms with Crippen LogP contribution < -0.4 is 15.5 Å². The molecule has 3 aromatic rings. The third-order valence-corrected chi connectivity index (χ3v) is 5.40. The van der Waals surface area contributed by atoms with Gasteiger partial charge >= 0.3 is 0 Å². The summed E-state index contributed by atoms with van der Waals surface area (Å²) in [4.78, 5) is 28.0. The molecule has 0 aliphatic heterocycles. The van der Waals surface area contributed by atoms with Crippen molar-refractivity contribution in [2.24, 2.45) is 0 Å². The predicted octanol–water partition coefficient (Wildman–Crippen LogP) is 5.79. The van der Waals surface area contributed by atoms with E-state index in [2.05, 4.69) is 22.5 Å². The van der Waals surface area contributed by atoms with Gasteiger partial charge in [0.15, 0.2) is 0 Å². The Hall–Kier alpha value is -3.54. The van der Waals surface area contributed by atoms with Gasteiger partial charge in [-0.15, -0.1) is 0 Å². The maximum Gasteiger partial charge on any atom is 0.255 e. The minimum Gasteiger partial charge on any atom is -0.467 e. The number of carbonyl (C=O) groups excluding carboxylic acids is 2. The molecule has 174 valence electrons. The van der Waals surface area contributed by atoms with Gasteiger partial charge in [0.25, 0.3) is 11.8 Å². The standard InChI is InChI=1S/C27H33N3O3/c1-4-6-16-30(19-23-8-7-17-33-23)25-14-13-22(18-24(25)27(32)28-15-5-2)29-26(31)21-11-9-20(3)10-12-21/h7-14,17-18H,4-6,15-16,19H2,1-3H3,(H,28,32)(H,29,31).